The van der Waals surface area contributed by atoms with E-state index in [0.29, 0.717) is 11.2 Å². The molecule has 0 spiro atoms. The van der Waals surface area contributed by atoms with E-state index in [0.717, 1.165) is 5.52 Å². The lowest BCUT2D eigenvalue weighted by molar-refractivity contribution is -0.142. The van der Waals surface area contributed by atoms with Crippen molar-refractivity contribution in [2.45, 2.75) is 12.5 Å². The van der Waals surface area contributed by atoms with Gasteiger partial charge in [-0.3, -0.25) is 9.78 Å². The molecular weight excluding hydrogens is 220 g/mol. The molecule has 1 heterocycles. The third kappa shape index (κ3) is 2.57. The second kappa shape index (κ2) is 4.88. The third-order valence-corrected chi connectivity index (χ3v) is 2.40. The first-order valence-corrected chi connectivity index (χ1v) is 5.17. The summed E-state index contributed by atoms with van der Waals surface area (Å²) in [6.07, 6.45) is 0.360. The molecule has 0 aliphatic heterocycles. The van der Waals surface area contributed by atoms with Crippen molar-refractivity contribution in [3.8, 4) is 0 Å². The summed E-state index contributed by atoms with van der Waals surface area (Å²) in [5.74, 6) is -0.479. The molecule has 0 amide bonds. The van der Waals surface area contributed by atoms with Gasteiger partial charge in [-0.2, -0.15) is 0 Å². The summed E-state index contributed by atoms with van der Waals surface area (Å²) < 4.78 is 4.48. The number of fused-ring (bicyclic) bond motifs is 1. The Morgan fingerprint density at radius 3 is 2.82 bits per heavy atom. The van der Waals surface area contributed by atoms with Gasteiger partial charge in [0.15, 0.2) is 0 Å². The van der Waals surface area contributed by atoms with Gasteiger partial charge in [0.1, 0.15) is 6.10 Å². The number of carbonyl (C=O) groups excluding carboxylic acids is 1. The number of para-hydroxylation sites is 2. The fraction of sp³-hybridized carbons (Fsp3) is 0.250. The number of carbonyl (C=O) groups is 1. The molecule has 0 radical (unpaired) electrons. The molecule has 0 bridgehead atoms. The standard InChI is InChI=1S/C12H12N2O3/c1-17-12(16)6-11(15)10-7-13-8-4-2-3-5-9(8)14-10/h2-5,7,11,15H,6H2,1H3. The zero-order chi connectivity index (χ0) is 12.3. The highest BCUT2D eigenvalue weighted by Gasteiger charge is 2.15. The van der Waals surface area contributed by atoms with Crippen LogP contribution in [0.25, 0.3) is 11.0 Å². The SMILES string of the molecule is COC(=O)CC(O)c1cnc2ccccc2n1. The van der Waals surface area contributed by atoms with Crippen molar-refractivity contribution in [1.29, 1.82) is 0 Å². The fourth-order valence-electron chi connectivity index (χ4n) is 1.48. The summed E-state index contributed by atoms with van der Waals surface area (Å²) in [4.78, 5) is 19.4. The second-order valence-corrected chi connectivity index (χ2v) is 3.58. The summed E-state index contributed by atoms with van der Waals surface area (Å²) in [7, 11) is 1.28. The Balaban J connectivity index is 2.26. The third-order valence-electron chi connectivity index (χ3n) is 2.40. The molecule has 0 fully saturated rings. The second-order valence-electron chi connectivity index (χ2n) is 3.58. The van der Waals surface area contributed by atoms with Crippen LogP contribution in [0.3, 0.4) is 0 Å². The van der Waals surface area contributed by atoms with Crippen LogP contribution in [0.1, 0.15) is 18.2 Å². The molecule has 1 atom stereocenters. The molecule has 88 valence electrons. The molecule has 1 aromatic heterocycles. The average Bonchev–Trinajstić information content (AvgIpc) is 2.38. The molecular formula is C12H12N2O3. The summed E-state index contributed by atoms with van der Waals surface area (Å²) in [6.45, 7) is 0. The maximum atomic E-state index is 11.0. The van der Waals surface area contributed by atoms with Crippen LogP contribution < -0.4 is 0 Å². The number of benzene rings is 1. The fourth-order valence-corrected chi connectivity index (χ4v) is 1.48. The van der Waals surface area contributed by atoms with Crippen molar-refractivity contribution in [2.24, 2.45) is 0 Å². The Kier molecular flexibility index (Phi) is 3.30. The van der Waals surface area contributed by atoms with Crippen molar-refractivity contribution < 1.29 is 14.6 Å². The predicted octanol–water partition coefficient (Wildman–Crippen LogP) is 1.23. The molecule has 1 unspecified atom stereocenters. The lowest BCUT2D eigenvalue weighted by Crippen LogP contribution is -2.09. The molecule has 0 saturated carbocycles. The number of nitrogens with zero attached hydrogens (tertiary/aromatic N) is 2. The predicted molar refractivity (Wildman–Crippen MR) is 61.1 cm³/mol. The first-order chi connectivity index (χ1) is 8.20. The Bertz CT molecular complexity index is 542. The van der Waals surface area contributed by atoms with E-state index in [-0.39, 0.29) is 6.42 Å². The van der Waals surface area contributed by atoms with Crippen LogP contribution in [0.2, 0.25) is 0 Å². The molecule has 5 heteroatoms. The van der Waals surface area contributed by atoms with Gasteiger partial charge in [0, 0.05) is 0 Å². The van der Waals surface area contributed by atoms with E-state index >= 15 is 0 Å². The van der Waals surface area contributed by atoms with Gasteiger partial charge < -0.3 is 9.84 Å². The number of aromatic nitrogens is 2. The van der Waals surface area contributed by atoms with E-state index in [1.165, 1.54) is 13.3 Å². The number of hydrogen-bond acceptors (Lipinski definition) is 5. The number of ether oxygens (including phenoxy) is 1. The van der Waals surface area contributed by atoms with Crippen LogP contribution in [0, 0.1) is 0 Å². The number of hydrogen-bond donors (Lipinski definition) is 1. The number of aliphatic hydroxyl groups is 1. The molecule has 2 aromatic rings. The van der Waals surface area contributed by atoms with E-state index in [1.54, 1.807) is 6.07 Å². The summed E-state index contributed by atoms with van der Waals surface area (Å²) in [6, 6.07) is 7.34. The average molecular weight is 232 g/mol. The number of rotatable bonds is 3. The molecule has 0 aliphatic rings. The lowest BCUT2D eigenvalue weighted by Gasteiger charge is -2.08. The summed E-state index contributed by atoms with van der Waals surface area (Å²) >= 11 is 0. The van der Waals surface area contributed by atoms with Crippen LogP contribution in [-0.4, -0.2) is 28.2 Å². The highest BCUT2D eigenvalue weighted by molar-refractivity contribution is 5.74. The lowest BCUT2D eigenvalue weighted by atomic mass is 10.2. The van der Waals surface area contributed by atoms with Crippen LogP contribution >= 0.6 is 0 Å². The zero-order valence-electron chi connectivity index (χ0n) is 9.33. The van der Waals surface area contributed by atoms with Gasteiger partial charge in [-0.1, -0.05) is 12.1 Å². The zero-order valence-corrected chi connectivity index (χ0v) is 9.33. The Morgan fingerprint density at radius 2 is 2.12 bits per heavy atom. The minimum atomic E-state index is -0.987. The molecule has 0 saturated heterocycles. The highest BCUT2D eigenvalue weighted by Crippen LogP contribution is 2.17. The maximum Gasteiger partial charge on any atom is 0.308 e. The van der Waals surface area contributed by atoms with Crippen molar-refractivity contribution >= 4 is 17.0 Å². The Morgan fingerprint density at radius 1 is 1.41 bits per heavy atom. The summed E-state index contributed by atoms with van der Waals surface area (Å²) in [5.41, 5.74) is 1.81. The van der Waals surface area contributed by atoms with E-state index in [2.05, 4.69) is 14.7 Å². The van der Waals surface area contributed by atoms with Gasteiger partial charge in [-0.25, -0.2) is 4.98 Å². The molecule has 17 heavy (non-hydrogen) atoms. The van der Waals surface area contributed by atoms with Crippen LogP contribution in [-0.2, 0) is 9.53 Å². The quantitative estimate of drug-likeness (QED) is 0.806. The van der Waals surface area contributed by atoms with Gasteiger partial charge in [-0.05, 0) is 12.1 Å². The summed E-state index contributed by atoms with van der Waals surface area (Å²) in [5, 5.41) is 9.78. The van der Waals surface area contributed by atoms with E-state index in [9.17, 15) is 9.90 Å². The van der Waals surface area contributed by atoms with Gasteiger partial charge in [0.25, 0.3) is 0 Å². The van der Waals surface area contributed by atoms with Crippen LogP contribution in [0.15, 0.2) is 30.5 Å². The Hall–Kier alpha value is -2.01. The van der Waals surface area contributed by atoms with Crippen molar-refractivity contribution in [2.75, 3.05) is 7.11 Å². The van der Waals surface area contributed by atoms with E-state index in [1.807, 2.05) is 18.2 Å². The van der Waals surface area contributed by atoms with Crippen molar-refractivity contribution in [3.05, 3.63) is 36.2 Å². The largest absolute Gasteiger partial charge is 0.469 e. The number of esters is 1. The van der Waals surface area contributed by atoms with Gasteiger partial charge in [0.2, 0.25) is 0 Å². The van der Waals surface area contributed by atoms with Crippen molar-refractivity contribution in [1.82, 2.24) is 9.97 Å². The normalized spacial score (nSPS) is 12.4. The molecule has 1 aromatic carbocycles. The Labute approximate surface area is 98.1 Å². The molecule has 0 aliphatic carbocycles. The minimum absolute atomic E-state index is 0.122. The monoisotopic (exact) mass is 232 g/mol. The van der Waals surface area contributed by atoms with Crippen molar-refractivity contribution in [3.63, 3.8) is 0 Å². The first kappa shape index (κ1) is 11.5. The van der Waals surface area contributed by atoms with Gasteiger partial charge >= 0.3 is 5.97 Å². The molecule has 2 rings (SSSR count). The molecule has 1 N–H and O–H groups in total. The van der Waals surface area contributed by atoms with Gasteiger partial charge in [-0.15, -0.1) is 0 Å². The van der Waals surface area contributed by atoms with Crippen LogP contribution in [0.5, 0.6) is 0 Å². The topological polar surface area (TPSA) is 72.3 Å². The first-order valence-electron chi connectivity index (χ1n) is 5.17. The maximum absolute atomic E-state index is 11.0. The van der Waals surface area contributed by atoms with E-state index < -0.39 is 12.1 Å². The van der Waals surface area contributed by atoms with Crippen LogP contribution in [0.4, 0.5) is 0 Å². The minimum Gasteiger partial charge on any atom is -0.469 e. The molecule has 5 nitrogen and oxygen atoms in total. The van der Waals surface area contributed by atoms with Gasteiger partial charge in [0.05, 0.1) is 36.5 Å². The number of aliphatic hydroxyl groups excluding tert-OH is 1. The number of methoxy groups -OCH3 is 1. The van der Waals surface area contributed by atoms with E-state index in [4.69, 9.17) is 0 Å². The highest BCUT2D eigenvalue weighted by atomic mass is 16.5. The smallest absolute Gasteiger partial charge is 0.308 e.